The van der Waals surface area contributed by atoms with Crippen LogP contribution in [0.3, 0.4) is 0 Å². The highest BCUT2D eigenvalue weighted by Crippen LogP contribution is 2.32. The van der Waals surface area contributed by atoms with Gasteiger partial charge in [0.1, 0.15) is 0 Å². The zero-order valence-corrected chi connectivity index (χ0v) is 14.0. The highest BCUT2D eigenvalue weighted by molar-refractivity contribution is 5.78. The molecule has 0 aromatic heterocycles. The number of carbonyl (C=O) groups is 1. The van der Waals surface area contributed by atoms with Gasteiger partial charge in [-0.05, 0) is 43.6 Å². The second-order valence-electron chi connectivity index (χ2n) is 6.17. The van der Waals surface area contributed by atoms with Crippen molar-refractivity contribution in [2.45, 2.75) is 58.4 Å². The van der Waals surface area contributed by atoms with E-state index in [0.29, 0.717) is 25.3 Å². The highest BCUT2D eigenvalue weighted by Gasteiger charge is 2.26. The molecular weight excluding hydrogens is 284 g/mol. The van der Waals surface area contributed by atoms with Crippen molar-refractivity contribution < 1.29 is 4.79 Å². The third-order valence-corrected chi connectivity index (χ3v) is 4.39. The monoisotopic (exact) mass is 310 g/mol. The van der Waals surface area contributed by atoms with E-state index in [-0.39, 0.29) is 5.91 Å². The summed E-state index contributed by atoms with van der Waals surface area (Å²) in [5.74, 6) is 0.541. The summed E-state index contributed by atoms with van der Waals surface area (Å²) in [6, 6.07) is 12.4. The van der Waals surface area contributed by atoms with Crippen LogP contribution in [0.2, 0.25) is 0 Å². The minimum atomic E-state index is 0.200. The third-order valence-electron chi connectivity index (χ3n) is 4.39. The lowest BCUT2D eigenvalue weighted by atomic mass is 9.87. The third kappa shape index (κ3) is 4.96. The van der Waals surface area contributed by atoms with E-state index in [1.165, 1.54) is 0 Å². The van der Waals surface area contributed by atoms with Gasteiger partial charge in [-0.3, -0.25) is 4.79 Å². The van der Waals surface area contributed by atoms with Crippen molar-refractivity contribution in [2.75, 3.05) is 0 Å². The maximum atomic E-state index is 12.7. The van der Waals surface area contributed by atoms with E-state index in [0.717, 1.165) is 43.4 Å². The molecule has 0 spiro atoms. The average molecular weight is 310 g/mol. The molecule has 1 aliphatic carbocycles. The summed E-state index contributed by atoms with van der Waals surface area (Å²) in [4.78, 5) is 14.7. The maximum absolute atomic E-state index is 12.7. The molecule has 0 saturated heterocycles. The minimum Gasteiger partial charge on any atom is -0.312 e. The Balaban J connectivity index is 2.22. The molecule has 1 amide bonds. The molecule has 23 heavy (non-hydrogen) atoms. The fourth-order valence-corrected chi connectivity index (χ4v) is 3.23. The molecule has 0 saturated carbocycles. The van der Waals surface area contributed by atoms with Crippen molar-refractivity contribution in [3.8, 4) is 6.07 Å². The van der Waals surface area contributed by atoms with Crippen molar-refractivity contribution in [3.05, 3.63) is 47.7 Å². The van der Waals surface area contributed by atoms with E-state index >= 15 is 0 Å². The fraction of sp³-hybridized carbons (Fsp3) is 0.500. The van der Waals surface area contributed by atoms with Crippen LogP contribution >= 0.6 is 0 Å². The number of hydrogen-bond donors (Lipinski definition) is 0. The van der Waals surface area contributed by atoms with E-state index in [1.807, 2.05) is 30.0 Å². The Labute approximate surface area is 139 Å². The zero-order chi connectivity index (χ0) is 16.5. The van der Waals surface area contributed by atoms with Gasteiger partial charge >= 0.3 is 0 Å². The van der Waals surface area contributed by atoms with Gasteiger partial charge in [0.05, 0.1) is 12.6 Å². The molecule has 0 radical (unpaired) electrons. The van der Waals surface area contributed by atoms with Gasteiger partial charge in [0.2, 0.25) is 5.91 Å². The van der Waals surface area contributed by atoms with Crippen LogP contribution in [0.1, 0.15) is 57.4 Å². The summed E-state index contributed by atoms with van der Waals surface area (Å²) in [6.07, 6.45) is 8.34. The van der Waals surface area contributed by atoms with Gasteiger partial charge in [-0.2, -0.15) is 5.26 Å². The Kier molecular flexibility index (Phi) is 6.87. The molecule has 1 unspecified atom stereocenters. The van der Waals surface area contributed by atoms with Crippen molar-refractivity contribution >= 4 is 5.91 Å². The molecule has 0 aliphatic heterocycles. The Morgan fingerprint density at radius 2 is 2.13 bits per heavy atom. The molecule has 0 fully saturated rings. The topological polar surface area (TPSA) is 44.1 Å². The number of hydrogen-bond acceptors (Lipinski definition) is 2. The molecule has 1 atom stereocenters. The van der Waals surface area contributed by atoms with Gasteiger partial charge < -0.3 is 4.90 Å². The molecule has 1 aliphatic rings. The lowest BCUT2D eigenvalue weighted by Crippen LogP contribution is -2.34. The van der Waals surface area contributed by atoms with Crippen LogP contribution in [0, 0.1) is 17.2 Å². The standard InChI is InChI=1S/C20H26N2O/c1-2-9-20(23)22(16-17-10-4-3-5-11-17)19-14-7-6-12-18(19)13-8-15-21/h3-5,10-11,14,18H,2,6-9,12-13,16H2,1H3. The molecule has 0 bridgehead atoms. The van der Waals surface area contributed by atoms with Gasteiger partial charge in [-0.15, -0.1) is 0 Å². The first kappa shape index (κ1) is 17.3. The molecule has 1 aromatic carbocycles. The van der Waals surface area contributed by atoms with Crippen LogP contribution in [0.15, 0.2) is 42.1 Å². The van der Waals surface area contributed by atoms with Crippen LogP contribution in [0.5, 0.6) is 0 Å². The Morgan fingerprint density at radius 3 is 2.83 bits per heavy atom. The molecule has 2 rings (SSSR count). The normalized spacial score (nSPS) is 17.2. The number of nitrogens with zero attached hydrogens (tertiary/aromatic N) is 2. The summed E-state index contributed by atoms with van der Waals surface area (Å²) < 4.78 is 0. The van der Waals surface area contributed by atoms with Crippen LogP contribution in [0.4, 0.5) is 0 Å². The van der Waals surface area contributed by atoms with Crippen molar-refractivity contribution in [3.63, 3.8) is 0 Å². The summed E-state index contributed by atoms with van der Waals surface area (Å²) in [5, 5.41) is 8.90. The summed E-state index contributed by atoms with van der Waals surface area (Å²) in [6.45, 7) is 2.68. The molecule has 0 heterocycles. The molecule has 122 valence electrons. The summed E-state index contributed by atoms with van der Waals surface area (Å²) >= 11 is 0. The van der Waals surface area contributed by atoms with Crippen molar-refractivity contribution in [1.29, 1.82) is 5.26 Å². The number of rotatable bonds is 7. The van der Waals surface area contributed by atoms with Crippen molar-refractivity contribution in [2.24, 2.45) is 5.92 Å². The second kappa shape index (κ2) is 9.15. The van der Waals surface area contributed by atoms with Gasteiger partial charge in [-0.25, -0.2) is 0 Å². The first-order valence-corrected chi connectivity index (χ1v) is 8.67. The molecule has 0 N–H and O–H groups in total. The SMILES string of the molecule is CCCC(=O)N(Cc1ccccc1)C1=CCCCC1CCC#N. The number of carbonyl (C=O) groups excluding carboxylic acids is 1. The number of benzene rings is 1. The van der Waals surface area contributed by atoms with Crippen LogP contribution in [-0.4, -0.2) is 10.8 Å². The summed E-state index contributed by atoms with van der Waals surface area (Å²) in [5.41, 5.74) is 2.30. The molecular formula is C20H26N2O. The van der Waals surface area contributed by atoms with Gasteiger partial charge in [0.25, 0.3) is 0 Å². The first-order chi connectivity index (χ1) is 11.3. The van der Waals surface area contributed by atoms with E-state index < -0.39 is 0 Å². The molecule has 3 nitrogen and oxygen atoms in total. The zero-order valence-electron chi connectivity index (χ0n) is 14.0. The maximum Gasteiger partial charge on any atom is 0.227 e. The number of nitriles is 1. The number of amides is 1. The summed E-state index contributed by atoms with van der Waals surface area (Å²) in [7, 11) is 0. The predicted octanol–water partition coefficient (Wildman–Crippen LogP) is 4.80. The van der Waals surface area contributed by atoms with Crippen LogP contribution < -0.4 is 0 Å². The predicted molar refractivity (Wildman–Crippen MR) is 92.2 cm³/mol. The fourth-order valence-electron chi connectivity index (χ4n) is 3.23. The van der Waals surface area contributed by atoms with Crippen molar-refractivity contribution in [1.82, 2.24) is 4.90 Å². The van der Waals surface area contributed by atoms with Gasteiger partial charge in [0.15, 0.2) is 0 Å². The second-order valence-corrected chi connectivity index (χ2v) is 6.17. The Bertz CT molecular complexity index is 571. The Hall–Kier alpha value is -2.08. The van der Waals surface area contributed by atoms with E-state index in [1.54, 1.807) is 0 Å². The van der Waals surface area contributed by atoms with E-state index in [2.05, 4.69) is 24.3 Å². The first-order valence-electron chi connectivity index (χ1n) is 8.67. The lowest BCUT2D eigenvalue weighted by Gasteiger charge is -2.33. The van der Waals surface area contributed by atoms with Crippen LogP contribution in [0.25, 0.3) is 0 Å². The highest BCUT2D eigenvalue weighted by atomic mass is 16.2. The van der Waals surface area contributed by atoms with E-state index in [4.69, 9.17) is 5.26 Å². The quantitative estimate of drug-likeness (QED) is 0.726. The van der Waals surface area contributed by atoms with E-state index in [9.17, 15) is 4.79 Å². The Morgan fingerprint density at radius 1 is 1.35 bits per heavy atom. The van der Waals surface area contributed by atoms with Crippen LogP contribution in [-0.2, 0) is 11.3 Å². The number of allylic oxidation sites excluding steroid dienone is 2. The average Bonchev–Trinajstić information content (AvgIpc) is 2.59. The molecule has 3 heteroatoms. The smallest absolute Gasteiger partial charge is 0.227 e. The molecule has 1 aromatic rings. The largest absolute Gasteiger partial charge is 0.312 e. The lowest BCUT2D eigenvalue weighted by molar-refractivity contribution is -0.130. The minimum absolute atomic E-state index is 0.200. The van der Waals surface area contributed by atoms with Gasteiger partial charge in [-0.1, -0.05) is 43.3 Å². The van der Waals surface area contributed by atoms with Gasteiger partial charge in [0, 0.05) is 18.5 Å².